The summed E-state index contributed by atoms with van der Waals surface area (Å²) in [6.45, 7) is 5.48. The molecule has 0 aromatic carbocycles. The van der Waals surface area contributed by atoms with Crippen LogP contribution in [0.4, 0.5) is 0 Å². The Bertz CT molecular complexity index is 457. The van der Waals surface area contributed by atoms with Crippen molar-refractivity contribution >= 4 is 21.8 Å². The molecule has 2 heterocycles. The van der Waals surface area contributed by atoms with Crippen molar-refractivity contribution in [1.29, 1.82) is 0 Å². The summed E-state index contributed by atoms with van der Waals surface area (Å²) in [6, 6.07) is 1.67. The van der Waals surface area contributed by atoms with E-state index in [-0.39, 0.29) is 17.6 Å². The highest BCUT2D eigenvalue weighted by Crippen LogP contribution is 2.25. The van der Waals surface area contributed by atoms with Gasteiger partial charge >= 0.3 is 0 Å². The molecule has 0 bridgehead atoms. The fraction of sp³-hybridized carbons (Fsp3) is 0.615. The third-order valence-electron chi connectivity index (χ3n) is 2.97. The van der Waals surface area contributed by atoms with Crippen LogP contribution in [-0.4, -0.2) is 49.3 Å². The molecule has 106 valence electrons. The van der Waals surface area contributed by atoms with E-state index in [4.69, 9.17) is 13.9 Å². The first kappa shape index (κ1) is 14.6. The Morgan fingerprint density at radius 2 is 2.37 bits per heavy atom. The van der Waals surface area contributed by atoms with Crippen LogP contribution in [0.15, 0.2) is 21.4 Å². The Balaban J connectivity index is 2.15. The summed E-state index contributed by atoms with van der Waals surface area (Å²) < 4.78 is 16.6. The minimum absolute atomic E-state index is 0.0573. The van der Waals surface area contributed by atoms with Crippen LogP contribution in [0.2, 0.25) is 0 Å². The van der Waals surface area contributed by atoms with E-state index in [1.54, 1.807) is 18.1 Å². The summed E-state index contributed by atoms with van der Waals surface area (Å²) in [6.07, 6.45) is 1.39. The van der Waals surface area contributed by atoms with E-state index in [0.717, 1.165) is 0 Å². The van der Waals surface area contributed by atoms with Gasteiger partial charge < -0.3 is 18.8 Å². The van der Waals surface area contributed by atoms with Gasteiger partial charge in [0.1, 0.15) is 0 Å². The molecule has 5 nitrogen and oxygen atoms in total. The molecule has 1 amide bonds. The Hall–Kier alpha value is -0.850. The van der Waals surface area contributed by atoms with Crippen molar-refractivity contribution in [3.05, 3.63) is 22.6 Å². The van der Waals surface area contributed by atoms with Crippen molar-refractivity contribution in [2.75, 3.05) is 26.8 Å². The second-order valence-corrected chi connectivity index (χ2v) is 5.97. The molecule has 0 N–H and O–H groups in total. The monoisotopic (exact) mass is 331 g/mol. The zero-order chi connectivity index (χ0) is 14.0. The Labute approximate surface area is 121 Å². The highest BCUT2D eigenvalue weighted by molar-refractivity contribution is 9.10. The minimum Gasteiger partial charge on any atom is -0.457 e. The summed E-state index contributed by atoms with van der Waals surface area (Å²) in [5.74, 6) is -0.0573. The largest absolute Gasteiger partial charge is 0.457 e. The molecule has 0 radical (unpaired) electrons. The number of carbonyl (C=O) groups excluding carboxylic acids is 1. The molecule has 1 aromatic rings. The summed E-state index contributed by atoms with van der Waals surface area (Å²) in [4.78, 5) is 14.2. The zero-order valence-corrected chi connectivity index (χ0v) is 12.9. The van der Waals surface area contributed by atoms with Crippen LogP contribution in [0.5, 0.6) is 0 Å². The molecule has 19 heavy (non-hydrogen) atoms. The van der Waals surface area contributed by atoms with Crippen molar-refractivity contribution in [2.24, 2.45) is 0 Å². The lowest BCUT2D eigenvalue weighted by atomic mass is 10.0. The molecule has 0 saturated carbocycles. The number of methoxy groups -OCH3 is 1. The third kappa shape index (κ3) is 3.38. The van der Waals surface area contributed by atoms with Crippen LogP contribution < -0.4 is 0 Å². The number of ether oxygens (including phenoxy) is 2. The van der Waals surface area contributed by atoms with E-state index in [1.807, 2.05) is 13.8 Å². The van der Waals surface area contributed by atoms with Gasteiger partial charge in [0.05, 0.1) is 30.1 Å². The van der Waals surface area contributed by atoms with Crippen molar-refractivity contribution in [1.82, 2.24) is 4.90 Å². The van der Waals surface area contributed by atoms with E-state index in [1.165, 1.54) is 6.26 Å². The Morgan fingerprint density at radius 3 is 2.95 bits per heavy atom. The van der Waals surface area contributed by atoms with Crippen LogP contribution in [0, 0.1) is 0 Å². The lowest BCUT2D eigenvalue weighted by Crippen LogP contribution is -2.55. The van der Waals surface area contributed by atoms with Crippen LogP contribution in [-0.2, 0) is 9.47 Å². The molecule has 1 aliphatic rings. The average Bonchev–Trinajstić information content (AvgIpc) is 2.73. The quantitative estimate of drug-likeness (QED) is 0.852. The number of carbonyl (C=O) groups is 1. The number of rotatable bonds is 3. The molecule has 1 saturated heterocycles. The van der Waals surface area contributed by atoms with Crippen LogP contribution in [0.3, 0.4) is 0 Å². The number of furan rings is 1. The summed E-state index contributed by atoms with van der Waals surface area (Å²) >= 11 is 3.24. The summed E-state index contributed by atoms with van der Waals surface area (Å²) in [7, 11) is 1.63. The zero-order valence-electron chi connectivity index (χ0n) is 11.3. The van der Waals surface area contributed by atoms with Crippen molar-refractivity contribution in [3.63, 3.8) is 0 Å². The summed E-state index contributed by atoms with van der Waals surface area (Å²) in [5, 5.41) is 0. The topological polar surface area (TPSA) is 51.9 Å². The number of nitrogens with zero attached hydrogens (tertiary/aromatic N) is 1. The fourth-order valence-corrected chi connectivity index (χ4v) is 2.75. The molecule has 1 aromatic heterocycles. The maximum atomic E-state index is 12.5. The highest BCUT2D eigenvalue weighted by Gasteiger charge is 2.36. The SMILES string of the molecule is COC[C@H]1CN(C(=O)c2ccoc2Br)CC(C)(C)O1. The molecule has 1 aliphatic heterocycles. The van der Waals surface area contributed by atoms with Gasteiger partial charge in [0.2, 0.25) is 0 Å². The van der Waals surface area contributed by atoms with Gasteiger partial charge in [0.15, 0.2) is 4.67 Å². The number of morpholine rings is 1. The predicted molar refractivity (Wildman–Crippen MR) is 73.1 cm³/mol. The van der Waals surface area contributed by atoms with E-state index in [9.17, 15) is 4.79 Å². The maximum absolute atomic E-state index is 12.5. The molecule has 0 spiro atoms. The summed E-state index contributed by atoms with van der Waals surface area (Å²) in [5.41, 5.74) is 0.154. The van der Waals surface area contributed by atoms with E-state index < -0.39 is 0 Å². The maximum Gasteiger partial charge on any atom is 0.258 e. The smallest absolute Gasteiger partial charge is 0.258 e. The van der Waals surface area contributed by atoms with Crippen molar-refractivity contribution in [2.45, 2.75) is 25.6 Å². The highest BCUT2D eigenvalue weighted by atomic mass is 79.9. The standard InChI is InChI=1S/C13H18BrNO4/c1-13(2)8-15(6-9(19-13)7-17-3)12(16)10-4-5-18-11(10)14/h4-5,9H,6-8H2,1-3H3/t9-/m1/s1. The second-order valence-electron chi connectivity index (χ2n) is 5.25. The van der Waals surface area contributed by atoms with E-state index in [0.29, 0.717) is 29.9 Å². The molecule has 1 atom stereocenters. The van der Waals surface area contributed by atoms with Crippen molar-refractivity contribution < 1.29 is 18.7 Å². The number of amides is 1. The average molecular weight is 332 g/mol. The molecule has 0 aliphatic carbocycles. The van der Waals surface area contributed by atoms with Gasteiger partial charge in [-0.3, -0.25) is 4.79 Å². The Morgan fingerprint density at radius 1 is 1.63 bits per heavy atom. The fourth-order valence-electron chi connectivity index (χ4n) is 2.34. The van der Waals surface area contributed by atoms with Gasteiger partial charge in [-0.15, -0.1) is 0 Å². The molecule has 1 fully saturated rings. The third-order valence-corrected chi connectivity index (χ3v) is 3.58. The first-order valence-corrected chi connectivity index (χ1v) is 6.91. The normalized spacial score (nSPS) is 22.5. The number of hydrogen-bond acceptors (Lipinski definition) is 4. The molecule has 0 unspecified atom stereocenters. The minimum atomic E-state index is -0.382. The van der Waals surface area contributed by atoms with Crippen LogP contribution >= 0.6 is 15.9 Å². The van der Waals surface area contributed by atoms with E-state index in [2.05, 4.69) is 15.9 Å². The first-order chi connectivity index (χ1) is 8.93. The van der Waals surface area contributed by atoms with Crippen molar-refractivity contribution in [3.8, 4) is 0 Å². The molecule has 2 rings (SSSR count). The molecule has 6 heteroatoms. The predicted octanol–water partition coefficient (Wildman–Crippen LogP) is 2.31. The van der Waals surface area contributed by atoms with Gasteiger partial charge in [0.25, 0.3) is 5.91 Å². The molecular formula is C13H18BrNO4. The van der Waals surface area contributed by atoms with Crippen LogP contribution in [0.25, 0.3) is 0 Å². The van der Waals surface area contributed by atoms with E-state index >= 15 is 0 Å². The molecular weight excluding hydrogens is 314 g/mol. The van der Waals surface area contributed by atoms with Crippen LogP contribution in [0.1, 0.15) is 24.2 Å². The van der Waals surface area contributed by atoms with Gasteiger partial charge in [-0.05, 0) is 35.8 Å². The number of halogens is 1. The van der Waals surface area contributed by atoms with Gasteiger partial charge in [-0.25, -0.2) is 0 Å². The second kappa shape index (κ2) is 5.64. The lowest BCUT2D eigenvalue weighted by molar-refractivity contribution is -0.143. The van der Waals surface area contributed by atoms with Gasteiger partial charge in [-0.2, -0.15) is 0 Å². The van der Waals surface area contributed by atoms with Gasteiger partial charge in [0, 0.05) is 20.2 Å². The number of hydrogen-bond donors (Lipinski definition) is 0. The first-order valence-electron chi connectivity index (χ1n) is 6.12. The van der Waals surface area contributed by atoms with Gasteiger partial charge in [-0.1, -0.05) is 0 Å². The Kier molecular flexibility index (Phi) is 4.32. The lowest BCUT2D eigenvalue weighted by Gasteiger charge is -2.42.